The molecule has 0 bridgehead atoms. The molecule has 1 aromatic carbocycles. The molecule has 0 aliphatic carbocycles. The first kappa shape index (κ1) is 19.8. The van der Waals surface area contributed by atoms with Crippen LogP contribution in [0.2, 0.25) is 0 Å². The zero-order valence-electron chi connectivity index (χ0n) is 13.2. The number of rotatable bonds is 8. The molecule has 0 heterocycles. The molecular weight excluding hydrogens is 345 g/mol. The largest absolute Gasteiger partial charge is 0.329 e. The molecule has 1 aromatic rings. The van der Waals surface area contributed by atoms with Crippen molar-refractivity contribution in [2.45, 2.75) is 31.2 Å². The highest BCUT2D eigenvalue weighted by Crippen LogP contribution is 2.20. The Kier molecular flexibility index (Phi) is 6.51. The minimum atomic E-state index is -3.95. The third kappa shape index (κ3) is 6.42. The highest BCUT2D eigenvalue weighted by Gasteiger charge is 2.21. The first-order valence-corrected chi connectivity index (χ1v) is 10.3. The van der Waals surface area contributed by atoms with Crippen molar-refractivity contribution in [1.29, 1.82) is 0 Å². The molecule has 0 fully saturated rings. The van der Waals surface area contributed by atoms with Crippen LogP contribution < -0.4 is 15.2 Å². The molecule has 4 N–H and O–H groups in total. The maximum Gasteiger partial charge on any atom is 0.240 e. The van der Waals surface area contributed by atoms with Crippen molar-refractivity contribution >= 4 is 25.7 Å². The van der Waals surface area contributed by atoms with Crippen molar-refractivity contribution in [2.24, 2.45) is 11.7 Å². The molecule has 0 aliphatic heterocycles. The molecule has 1 unspecified atom stereocenters. The summed E-state index contributed by atoms with van der Waals surface area (Å²) in [7, 11) is -7.60. The van der Waals surface area contributed by atoms with Crippen molar-refractivity contribution in [3.63, 3.8) is 0 Å². The van der Waals surface area contributed by atoms with E-state index in [1.54, 1.807) is 0 Å². The third-order valence-electron chi connectivity index (χ3n) is 2.91. The summed E-state index contributed by atoms with van der Waals surface area (Å²) >= 11 is 0. The SMILES string of the molecule is CC(C)CC(CN)NS(=O)(=O)c1ccc(NS(C)(=O)=O)c(F)c1. The molecule has 10 heteroatoms. The Balaban J connectivity index is 3.03. The van der Waals surface area contributed by atoms with Gasteiger partial charge in [0.2, 0.25) is 20.0 Å². The van der Waals surface area contributed by atoms with E-state index in [2.05, 4.69) is 4.72 Å². The van der Waals surface area contributed by atoms with Gasteiger partial charge in [0.05, 0.1) is 16.8 Å². The van der Waals surface area contributed by atoms with Gasteiger partial charge in [-0.15, -0.1) is 0 Å². The fraction of sp³-hybridized carbons (Fsp3) is 0.538. The molecule has 0 aliphatic rings. The van der Waals surface area contributed by atoms with Crippen molar-refractivity contribution in [1.82, 2.24) is 4.72 Å². The van der Waals surface area contributed by atoms with Crippen LogP contribution in [-0.4, -0.2) is 35.7 Å². The molecule has 23 heavy (non-hydrogen) atoms. The van der Waals surface area contributed by atoms with Gasteiger partial charge in [-0.05, 0) is 30.5 Å². The predicted molar refractivity (Wildman–Crippen MR) is 87.5 cm³/mol. The normalized spacial score (nSPS) is 14.0. The fourth-order valence-electron chi connectivity index (χ4n) is 1.99. The van der Waals surface area contributed by atoms with Crippen molar-refractivity contribution in [3.8, 4) is 0 Å². The van der Waals surface area contributed by atoms with Crippen LogP contribution in [-0.2, 0) is 20.0 Å². The summed E-state index contributed by atoms with van der Waals surface area (Å²) in [6, 6.07) is 2.49. The average Bonchev–Trinajstić information content (AvgIpc) is 2.37. The monoisotopic (exact) mass is 367 g/mol. The molecule has 0 spiro atoms. The van der Waals surface area contributed by atoms with Gasteiger partial charge in [-0.2, -0.15) is 0 Å². The molecule has 1 rings (SSSR count). The predicted octanol–water partition coefficient (Wildman–Crippen LogP) is 0.849. The smallest absolute Gasteiger partial charge is 0.240 e. The van der Waals surface area contributed by atoms with Crippen LogP contribution in [0, 0.1) is 11.7 Å². The maximum atomic E-state index is 13.9. The molecule has 0 radical (unpaired) electrons. The zero-order chi connectivity index (χ0) is 17.8. The number of sulfonamides is 2. The molecule has 1 atom stereocenters. The van der Waals surface area contributed by atoms with Crippen molar-refractivity contribution in [2.75, 3.05) is 17.5 Å². The van der Waals surface area contributed by atoms with Crippen LogP contribution in [0.1, 0.15) is 20.3 Å². The summed E-state index contributed by atoms with van der Waals surface area (Å²) < 4.78 is 65.0. The van der Waals surface area contributed by atoms with E-state index in [1.165, 1.54) is 0 Å². The Hall–Kier alpha value is -1.23. The fourth-order valence-corrected chi connectivity index (χ4v) is 3.83. The summed E-state index contributed by atoms with van der Waals surface area (Å²) in [5.74, 6) is -0.740. The van der Waals surface area contributed by atoms with Gasteiger partial charge in [0.1, 0.15) is 5.82 Å². The summed E-state index contributed by atoms with van der Waals surface area (Å²) in [4.78, 5) is -0.295. The highest BCUT2D eigenvalue weighted by molar-refractivity contribution is 7.92. The van der Waals surface area contributed by atoms with Gasteiger partial charge in [0, 0.05) is 12.6 Å². The molecular formula is C13H22FN3O4S2. The maximum absolute atomic E-state index is 13.9. The van der Waals surface area contributed by atoms with Crippen LogP contribution in [0.4, 0.5) is 10.1 Å². The van der Waals surface area contributed by atoms with Crippen LogP contribution in [0.5, 0.6) is 0 Å². The number of halogens is 1. The zero-order valence-corrected chi connectivity index (χ0v) is 14.8. The minimum Gasteiger partial charge on any atom is -0.329 e. The van der Waals surface area contributed by atoms with E-state index in [4.69, 9.17) is 5.73 Å². The second-order valence-electron chi connectivity index (χ2n) is 5.70. The highest BCUT2D eigenvalue weighted by atomic mass is 32.2. The summed E-state index contributed by atoms with van der Waals surface area (Å²) in [5.41, 5.74) is 5.24. The number of anilines is 1. The second-order valence-corrected chi connectivity index (χ2v) is 9.16. The van der Waals surface area contributed by atoms with E-state index in [-0.39, 0.29) is 23.0 Å². The minimum absolute atomic E-state index is 0.119. The number of hydrogen-bond donors (Lipinski definition) is 3. The molecule has 132 valence electrons. The lowest BCUT2D eigenvalue weighted by Gasteiger charge is -2.19. The van der Waals surface area contributed by atoms with Gasteiger partial charge in [-0.1, -0.05) is 13.8 Å². The lowest BCUT2D eigenvalue weighted by Crippen LogP contribution is -2.41. The molecule has 0 saturated carbocycles. The van der Waals surface area contributed by atoms with Gasteiger partial charge in [0.25, 0.3) is 0 Å². The molecule has 0 amide bonds. The Bertz CT molecular complexity index is 748. The third-order valence-corrected chi connectivity index (χ3v) is 5.02. The lowest BCUT2D eigenvalue weighted by atomic mass is 10.1. The van der Waals surface area contributed by atoms with Crippen LogP contribution >= 0.6 is 0 Å². The Morgan fingerprint density at radius 1 is 1.22 bits per heavy atom. The van der Waals surface area contributed by atoms with Crippen molar-refractivity contribution in [3.05, 3.63) is 24.0 Å². The van der Waals surface area contributed by atoms with Gasteiger partial charge in [0.15, 0.2) is 0 Å². The van der Waals surface area contributed by atoms with E-state index in [9.17, 15) is 21.2 Å². The van der Waals surface area contributed by atoms with Crippen LogP contribution in [0.3, 0.4) is 0 Å². The van der Waals surface area contributed by atoms with Gasteiger partial charge < -0.3 is 5.73 Å². The number of benzene rings is 1. The topological polar surface area (TPSA) is 118 Å². The summed E-state index contributed by atoms with van der Waals surface area (Å²) in [5, 5.41) is 0. The quantitative estimate of drug-likeness (QED) is 0.629. The van der Waals surface area contributed by atoms with E-state index in [1.807, 2.05) is 18.6 Å². The number of nitrogens with one attached hydrogen (secondary N) is 2. The van der Waals surface area contributed by atoms with E-state index < -0.39 is 31.9 Å². The summed E-state index contributed by atoms with van der Waals surface area (Å²) in [6.45, 7) is 3.98. The Morgan fingerprint density at radius 2 is 1.83 bits per heavy atom. The van der Waals surface area contributed by atoms with Crippen LogP contribution in [0.15, 0.2) is 23.1 Å². The Labute approximate surface area is 136 Å². The van der Waals surface area contributed by atoms with E-state index in [0.29, 0.717) is 6.42 Å². The van der Waals surface area contributed by atoms with E-state index in [0.717, 1.165) is 24.5 Å². The first-order chi connectivity index (χ1) is 10.4. The lowest BCUT2D eigenvalue weighted by molar-refractivity contribution is 0.465. The average molecular weight is 367 g/mol. The molecule has 7 nitrogen and oxygen atoms in total. The van der Waals surface area contributed by atoms with Gasteiger partial charge in [-0.25, -0.2) is 25.9 Å². The Morgan fingerprint density at radius 3 is 2.26 bits per heavy atom. The summed E-state index contributed by atoms with van der Waals surface area (Å²) in [6.07, 6.45) is 1.42. The molecule has 0 saturated heterocycles. The number of hydrogen-bond acceptors (Lipinski definition) is 5. The standard InChI is InChI=1S/C13H22FN3O4S2/c1-9(2)6-10(8-15)16-23(20,21)11-4-5-13(12(14)7-11)17-22(3,18)19/h4-5,7,9-10,16-17H,6,8,15H2,1-3H3. The number of nitrogens with two attached hydrogens (primary N) is 1. The molecule has 0 aromatic heterocycles. The second kappa shape index (κ2) is 7.56. The van der Waals surface area contributed by atoms with Gasteiger partial charge in [-0.3, -0.25) is 4.72 Å². The van der Waals surface area contributed by atoms with Gasteiger partial charge >= 0.3 is 0 Å². The first-order valence-electron chi connectivity index (χ1n) is 6.94. The van der Waals surface area contributed by atoms with Crippen LogP contribution in [0.25, 0.3) is 0 Å². The van der Waals surface area contributed by atoms with E-state index >= 15 is 0 Å². The van der Waals surface area contributed by atoms with Crippen molar-refractivity contribution < 1.29 is 21.2 Å².